The van der Waals surface area contributed by atoms with Crippen LogP contribution in [0.1, 0.15) is 11.1 Å². The maximum atomic E-state index is 12.5. The molecule has 0 radical (unpaired) electrons. The molecule has 0 saturated carbocycles. The van der Waals surface area contributed by atoms with Gasteiger partial charge in [-0.05, 0) is 36.8 Å². The number of halogens is 1. The van der Waals surface area contributed by atoms with Crippen molar-refractivity contribution < 1.29 is 13.2 Å². The number of rotatable bonds is 4. The summed E-state index contributed by atoms with van der Waals surface area (Å²) in [7, 11) is -2.41. The minimum absolute atomic E-state index is 0.0334. The predicted octanol–water partition coefficient (Wildman–Crippen LogP) is 3.33. The minimum Gasteiger partial charge on any atom is -0.495 e. The molecule has 2 aromatic carbocycles. The van der Waals surface area contributed by atoms with Crippen LogP contribution in [-0.2, 0) is 10.0 Å². The Hall–Kier alpha value is -2.23. The molecule has 22 heavy (non-hydrogen) atoms. The first-order valence-corrected chi connectivity index (χ1v) is 8.11. The zero-order valence-electron chi connectivity index (χ0n) is 11.9. The number of nitriles is 1. The number of ether oxygens (including phenoxy) is 1. The number of aryl methyl sites for hydroxylation is 1. The van der Waals surface area contributed by atoms with Crippen molar-refractivity contribution in [1.29, 1.82) is 5.26 Å². The molecule has 114 valence electrons. The van der Waals surface area contributed by atoms with Gasteiger partial charge in [-0.1, -0.05) is 23.7 Å². The Morgan fingerprint density at radius 2 is 1.95 bits per heavy atom. The van der Waals surface area contributed by atoms with Crippen molar-refractivity contribution in [2.45, 2.75) is 11.8 Å². The van der Waals surface area contributed by atoms with Crippen molar-refractivity contribution in [1.82, 2.24) is 0 Å². The van der Waals surface area contributed by atoms with Gasteiger partial charge < -0.3 is 4.74 Å². The lowest BCUT2D eigenvalue weighted by molar-refractivity contribution is 0.414. The Morgan fingerprint density at radius 1 is 1.27 bits per heavy atom. The second-order valence-corrected chi connectivity index (χ2v) is 6.57. The van der Waals surface area contributed by atoms with E-state index in [1.165, 1.54) is 25.3 Å². The summed E-state index contributed by atoms with van der Waals surface area (Å²) >= 11 is 6.00. The van der Waals surface area contributed by atoms with Gasteiger partial charge >= 0.3 is 0 Å². The summed E-state index contributed by atoms with van der Waals surface area (Å²) in [6.45, 7) is 1.64. The van der Waals surface area contributed by atoms with Gasteiger partial charge in [0.2, 0.25) is 0 Å². The van der Waals surface area contributed by atoms with E-state index in [-0.39, 0.29) is 21.2 Å². The fourth-order valence-corrected chi connectivity index (χ4v) is 3.59. The third kappa shape index (κ3) is 3.16. The van der Waals surface area contributed by atoms with Gasteiger partial charge in [-0.2, -0.15) is 5.26 Å². The highest BCUT2D eigenvalue weighted by atomic mass is 35.5. The van der Waals surface area contributed by atoms with Crippen LogP contribution in [0.2, 0.25) is 5.02 Å². The van der Waals surface area contributed by atoms with Crippen LogP contribution in [-0.4, -0.2) is 15.5 Å². The molecule has 0 spiro atoms. The molecule has 0 unspecified atom stereocenters. The predicted molar refractivity (Wildman–Crippen MR) is 84.7 cm³/mol. The van der Waals surface area contributed by atoms with Gasteiger partial charge in [0.25, 0.3) is 10.0 Å². The molecule has 2 rings (SSSR count). The molecule has 0 atom stereocenters. The normalized spacial score (nSPS) is 10.8. The molecule has 0 amide bonds. The molecule has 2 aromatic rings. The van der Waals surface area contributed by atoms with E-state index in [2.05, 4.69) is 4.72 Å². The molecule has 1 N–H and O–H groups in total. The molecule has 0 bridgehead atoms. The van der Waals surface area contributed by atoms with Crippen molar-refractivity contribution >= 4 is 27.3 Å². The minimum atomic E-state index is -3.87. The SMILES string of the molecule is COc1cc(C)c(S(=O)(=O)Nc2ccccc2C#N)cc1Cl. The van der Waals surface area contributed by atoms with Crippen molar-refractivity contribution in [2.75, 3.05) is 11.8 Å². The lowest BCUT2D eigenvalue weighted by atomic mass is 10.2. The Kier molecular flexibility index (Phi) is 4.59. The zero-order chi connectivity index (χ0) is 16.3. The molecule has 0 aliphatic heterocycles. The van der Waals surface area contributed by atoms with Crippen LogP contribution in [0.15, 0.2) is 41.3 Å². The zero-order valence-corrected chi connectivity index (χ0v) is 13.5. The first kappa shape index (κ1) is 16.1. The van der Waals surface area contributed by atoms with E-state index >= 15 is 0 Å². The van der Waals surface area contributed by atoms with Crippen LogP contribution < -0.4 is 9.46 Å². The van der Waals surface area contributed by atoms with E-state index in [0.717, 1.165) is 0 Å². The highest BCUT2D eigenvalue weighted by molar-refractivity contribution is 7.92. The molecule has 0 aromatic heterocycles. The Labute approximate surface area is 134 Å². The maximum Gasteiger partial charge on any atom is 0.262 e. The van der Waals surface area contributed by atoms with Crippen LogP contribution in [0, 0.1) is 18.3 Å². The van der Waals surface area contributed by atoms with Gasteiger partial charge in [0.15, 0.2) is 0 Å². The first-order valence-electron chi connectivity index (χ1n) is 6.25. The third-order valence-electron chi connectivity index (χ3n) is 3.03. The number of anilines is 1. The first-order chi connectivity index (χ1) is 10.4. The molecule has 5 nitrogen and oxygen atoms in total. The summed E-state index contributed by atoms with van der Waals surface area (Å²) in [6.07, 6.45) is 0. The molecule has 0 saturated heterocycles. The molecular formula is C15H13ClN2O3S. The van der Waals surface area contributed by atoms with Crippen molar-refractivity contribution in [3.8, 4) is 11.8 Å². The maximum absolute atomic E-state index is 12.5. The number of methoxy groups -OCH3 is 1. The van der Waals surface area contributed by atoms with Gasteiger partial charge in [-0.3, -0.25) is 4.72 Å². The van der Waals surface area contributed by atoms with Crippen LogP contribution in [0.5, 0.6) is 5.75 Å². The number of nitrogens with one attached hydrogen (secondary N) is 1. The summed E-state index contributed by atoms with van der Waals surface area (Å²) in [6, 6.07) is 11.2. The highest BCUT2D eigenvalue weighted by Crippen LogP contribution is 2.31. The topological polar surface area (TPSA) is 79.2 Å². The second-order valence-electron chi connectivity index (χ2n) is 4.52. The number of sulfonamides is 1. The molecule has 0 aliphatic carbocycles. The monoisotopic (exact) mass is 336 g/mol. The summed E-state index contributed by atoms with van der Waals surface area (Å²) < 4.78 is 32.5. The Bertz CT molecular complexity index is 858. The van der Waals surface area contributed by atoms with Crippen molar-refractivity contribution in [3.05, 3.63) is 52.5 Å². The van der Waals surface area contributed by atoms with Gasteiger partial charge in [-0.25, -0.2) is 8.42 Å². The average Bonchev–Trinajstić information content (AvgIpc) is 2.49. The smallest absolute Gasteiger partial charge is 0.262 e. The summed E-state index contributed by atoms with van der Waals surface area (Å²) in [4.78, 5) is 0.0334. The number of hydrogen-bond acceptors (Lipinski definition) is 4. The van der Waals surface area contributed by atoms with Gasteiger partial charge in [0, 0.05) is 0 Å². The number of para-hydroxylation sites is 1. The van der Waals surface area contributed by atoms with Crippen LogP contribution in [0.3, 0.4) is 0 Å². The highest BCUT2D eigenvalue weighted by Gasteiger charge is 2.20. The van der Waals surface area contributed by atoms with Gasteiger partial charge in [-0.15, -0.1) is 0 Å². The lowest BCUT2D eigenvalue weighted by Gasteiger charge is -2.13. The number of nitrogens with zero attached hydrogens (tertiary/aromatic N) is 1. The Morgan fingerprint density at radius 3 is 2.59 bits per heavy atom. The van der Waals surface area contributed by atoms with Gasteiger partial charge in [0.1, 0.15) is 11.8 Å². The molecule has 0 aliphatic rings. The average molecular weight is 337 g/mol. The van der Waals surface area contributed by atoms with Crippen LogP contribution in [0.4, 0.5) is 5.69 Å². The number of hydrogen-bond donors (Lipinski definition) is 1. The van der Waals surface area contributed by atoms with Crippen molar-refractivity contribution in [2.24, 2.45) is 0 Å². The fraction of sp³-hybridized carbons (Fsp3) is 0.133. The van der Waals surface area contributed by atoms with E-state index in [0.29, 0.717) is 11.3 Å². The van der Waals surface area contributed by atoms with Crippen LogP contribution >= 0.6 is 11.6 Å². The fourth-order valence-electron chi connectivity index (χ4n) is 1.95. The summed E-state index contributed by atoms with van der Waals surface area (Å²) in [5.74, 6) is 0.399. The number of benzene rings is 2. The van der Waals surface area contributed by atoms with Gasteiger partial charge in [0.05, 0.1) is 28.3 Å². The van der Waals surface area contributed by atoms with E-state index in [9.17, 15) is 8.42 Å². The Balaban J connectivity index is 2.48. The lowest BCUT2D eigenvalue weighted by Crippen LogP contribution is -2.15. The standard InChI is InChI=1S/C15H13ClN2O3S/c1-10-7-14(21-2)12(16)8-15(10)22(19,20)18-13-6-4-3-5-11(13)9-17/h3-8,18H,1-2H3. The van der Waals surface area contributed by atoms with Crippen LogP contribution in [0.25, 0.3) is 0 Å². The summed E-state index contributed by atoms with van der Waals surface area (Å²) in [5.41, 5.74) is 0.947. The molecule has 7 heteroatoms. The third-order valence-corrected chi connectivity index (χ3v) is 4.83. The van der Waals surface area contributed by atoms with E-state index in [1.54, 1.807) is 25.1 Å². The van der Waals surface area contributed by atoms with E-state index < -0.39 is 10.0 Å². The van der Waals surface area contributed by atoms with Crippen molar-refractivity contribution in [3.63, 3.8) is 0 Å². The second kappa shape index (κ2) is 6.26. The molecule has 0 fully saturated rings. The quantitative estimate of drug-likeness (QED) is 0.928. The molecule has 0 heterocycles. The molecular weight excluding hydrogens is 324 g/mol. The van der Waals surface area contributed by atoms with E-state index in [4.69, 9.17) is 21.6 Å². The van der Waals surface area contributed by atoms with E-state index in [1.807, 2.05) is 6.07 Å². The summed E-state index contributed by atoms with van der Waals surface area (Å²) in [5, 5.41) is 9.23. The largest absolute Gasteiger partial charge is 0.495 e.